The van der Waals surface area contributed by atoms with Crippen LogP contribution in [0.15, 0.2) is 42.6 Å². The van der Waals surface area contributed by atoms with Gasteiger partial charge in [0.1, 0.15) is 10.6 Å². The minimum absolute atomic E-state index is 0.169. The monoisotopic (exact) mass is 317 g/mol. The molecule has 2 atom stereocenters. The van der Waals surface area contributed by atoms with E-state index in [0.29, 0.717) is 12.2 Å². The molecule has 0 fully saturated rings. The summed E-state index contributed by atoms with van der Waals surface area (Å²) in [7, 11) is 0. The van der Waals surface area contributed by atoms with Crippen LogP contribution >= 0.6 is 0 Å². The molecule has 0 amide bonds. The Bertz CT molecular complexity index is 629. The van der Waals surface area contributed by atoms with E-state index >= 15 is 0 Å². The average Bonchev–Trinajstić information content (AvgIpc) is 2.47. The molecule has 2 rings (SSSR count). The molecule has 0 aliphatic heterocycles. The number of benzene rings is 1. The summed E-state index contributed by atoms with van der Waals surface area (Å²) in [5.41, 5.74) is 9.14. The second-order valence-electron chi connectivity index (χ2n) is 6.22. The average molecular weight is 317 g/mol. The van der Waals surface area contributed by atoms with Crippen molar-refractivity contribution >= 4 is 17.2 Å². The van der Waals surface area contributed by atoms with Crippen molar-refractivity contribution < 1.29 is 4.55 Å². The van der Waals surface area contributed by atoms with Gasteiger partial charge in [0.05, 0.1) is 0 Å². The molecule has 0 bridgehead atoms. The Kier molecular flexibility index (Phi) is 5.11. The van der Waals surface area contributed by atoms with Crippen molar-refractivity contribution in [2.75, 3.05) is 5.73 Å². The number of nitrogen functional groups attached to an aromatic ring is 1. The van der Waals surface area contributed by atoms with E-state index in [1.807, 2.05) is 44.3 Å². The van der Waals surface area contributed by atoms with E-state index in [2.05, 4.69) is 24.0 Å². The second kappa shape index (κ2) is 6.69. The molecular weight excluding hydrogens is 294 g/mol. The van der Waals surface area contributed by atoms with Crippen LogP contribution in [-0.4, -0.2) is 14.3 Å². The van der Waals surface area contributed by atoms with Crippen molar-refractivity contribution in [2.24, 2.45) is 5.14 Å². The smallest absolute Gasteiger partial charge is 0.140 e. The molecule has 1 aromatic carbocycles. The van der Waals surface area contributed by atoms with Crippen LogP contribution in [0.4, 0.5) is 5.82 Å². The molecule has 2 aromatic rings. The molecule has 0 saturated heterocycles. The van der Waals surface area contributed by atoms with Gasteiger partial charge in [0.25, 0.3) is 0 Å². The van der Waals surface area contributed by atoms with Crippen LogP contribution in [-0.2, 0) is 11.4 Å². The summed E-state index contributed by atoms with van der Waals surface area (Å²) in [6, 6.07) is 12.0. The van der Waals surface area contributed by atoms with Crippen molar-refractivity contribution in [3.63, 3.8) is 0 Å². The van der Waals surface area contributed by atoms with E-state index in [-0.39, 0.29) is 5.92 Å². The van der Waals surface area contributed by atoms with Crippen LogP contribution in [0.1, 0.15) is 38.7 Å². The third-order valence-corrected chi connectivity index (χ3v) is 5.17. The topological polar surface area (TPSA) is 88.0 Å². The third-order valence-electron chi connectivity index (χ3n) is 3.92. The first-order chi connectivity index (χ1) is 10.3. The zero-order valence-corrected chi connectivity index (χ0v) is 14.1. The predicted octanol–water partition coefficient (Wildman–Crippen LogP) is 3.23. The van der Waals surface area contributed by atoms with Gasteiger partial charge in [0, 0.05) is 29.5 Å². The lowest BCUT2D eigenvalue weighted by molar-refractivity contribution is 0.500. The van der Waals surface area contributed by atoms with E-state index in [9.17, 15) is 4.55 Å². The number of aromatic nitrogens is 1. The van der Waals surface area contributed by atoms with Gasteiger partial charge in [-0.15, -0.1) is 0 Å². The van der Waals surface area contributed by atoms with Gasteiger partial charge in [-0.1, -0.05) is 37.3 Å². The van der Waals surface area contributed by atoms with E-state index < -0.39 is 16.1 Å². The first kappa shape index (κ1) is 16.8. The highest BCUT2D eigenvalue weighted by Crippen LogP contribution is 2.35. The maximum absolute atomic E-state index is 11.7. The Morgan fingerprint density at radius 2 is 1.91 bits per heavy atom. The Morgan fingerprint density at radius 1 is 1.27 bits per heavy atom. The van der Waals surface area contributed by atoms with Crippen molar-refractivity contribution in [1.29, 1.82) is 0 Å². The lowest BCUT2D eigenvalue weighted by Gasteiger charge is -2.28. The fourth-order valence-corrected chi connectivity index (χ4v) is 3.10. The lowest BCUT2D eigenvalue weighted by Crippen LogP contribution is -2.38. The number of nitrogens with zero attached hydrogens (tertiary/aromatic N) is 1. The number of anilines is 1. The molecule has 0 aliphatic carbocycles. The van der Waals surface area contributed by atoms with Crippen LogP contribution < -0.4 is 10.9 Å². The predicted molar refractivity (Wildman–Crippen MR) is 93.5 cm³/mol. The Labute approximate surface area is 135 Å². The molecule has 118 valence electrons. The summed E-state index contributed by atoms with van der Waals surface area (Å²) >= 11 is -1.37. The Hall–Kier alpha value is -1.56. The normalized spacial score (nSPS) is 14.6. The Morgan fingerprint density at radius 3 is 2.50 bits per heavy atom. The van der Waals surface area contributed by atoms with Gasteiger partial charge in [0.2, 0.25) is 0 Å². The van der Waals surface area contributed by atoms with Crippen LogP contribution in [0.5, 0.6) is 0 Å². The van der Waals surface area contributed by atoms with Crippen LogP contribution in [0.25, 0.3) is 11.1 Å². The zero-order chi connectivity index (χ0) is 16.3. The van der Waals surface area contributed by atoms with Crippen LogP contribution in [0.2, 0.25) is 0 Å². The summed E-state index contributed by atoms with van der Waals surface area (Å²) in [5.74, 6) is 0.663. The molecule has 1 unspecified atom stereocenters. The summed E-state index contributed by atoms with van der Waals surface area (Å²) in [6.07, 6.45) is 2.52. The maximum atomic E-state index is 11.7. The molecule has 4 N–H and O–H groups in total. The minimum atomic E-state index is -1.37. The molecule has 22 heavy (non-hydrogen) atoms. The Balaban J connectivity index is 2.40. The standard InChI is InChI=1S/C17H23N3OS/c1-12(10-17(2,3)22(19)21)14-9-16(18)20-11-15(14)13-7-5-4-6-8-13/h4-9,11-12H,10,19H2,1-3H3,(H2,18,20)/t12-,22?/m0/s1. The van der Waals surface area contributed by atoms with Crippen molar-refractivity contribution in [3.05, 3.63) is 48.2 Å². The number of hydrogen-bond donors (Lipinski definition) is 2. The highest BCUT2D eigenvalue weighted by atomic mass is 32.2. The van der Waals surface area contributed by atoms with Crippen molar-refractivity contribution in [2.45, 2.75) is 37.9 Å². The second-order valence-corrected chi connectivity index (χ2v) is 7.92. The summed E-state index contributed by atoms with van der Waals surface area (Å²) in [6.45, 7) is 5.95. The van der Waals surface area contributed by atoms with E-state index in [1.54, 1.807) is 0 Å². The molecule has 5 heteroatoms. The molecule has 0 spiro atoms. The van der Waals surface area contributed by atoms with Gasteiger partial charge in [-0.3, -0.25) is 0 Å². The zero-order valence-electron chi connectivity index (χ0n) is 13.2. The largest absolute Gasteiger partial charge is 0.598 e. The molecule has 1 aromatic heterocycles. The highest BCUT2D eigenvalue weighted by molar-refractivity contribution is 7.90. The van der Waals surface area contributed by atoms with Crippen LogP contribution in [0, 0.1) is 0 Å². The van der Waals surface area contributed by atoms with Gasteiger partial charge < -0.3 is 10.3 Å². The molecule has 0 aliphatic rings. The van der Waals surface area contributed by atoms with Crippen molar-refractivity contribution in [3.8, 4) is 11.1 Å². The van der Waals surface area contributed by atoms with Gasteiger partial charge in [-0.25, -0.2) is 4.98 Å². The van der Waals surface area contributed by atoms with Gasteiger partial charge in [0.15, 0.2) is 0 Å². The molecule has 1 heterocycles. The third kappa shape index (κ3) is 3.80. The fourth-order valence-electron chi connectivity index (χ4n) is 2.68. The molecule has 4 nitrogen and oxygen atoms in total. The first-order valence-corrected chi connectivity index (χ1v) is 8.49. The number of rotatable bonds is 5. The SMILES string of the molecule is C[C@@H](CC(C)(C)[S+](N)[O-])c1cc(N)ncc1-c1ccccc1. The molecule has 0 saturated carbocycles. The highest BCUT2D eigenvalue weighted by Gasteiger charge is 2.33. The van der Waals surface area contributed by atoms with Crippen molar-refractivity contribution in [1.82, 2.24) is 4.98 Å². The van der Waals surface area contributed by atoms with E-state index in [1.165, 1.54) is 0 Å². The molecule has 0 radical (unpaired) electrons. The van der Waals surface area contributed by atoms with Gasteiger partial charge >= 0.3 is 0 Å². The number of hydrogen-bond acceptors (Lipinski definition) is 4. The van der Waals surface area contributed by atoms with Gasteiger partial charge in [-0.2, -0.15) is 5.14 Å². The van der Waals surface area contributed by atoms with Gasteiger partial charge in [-0.05, 0) is 37.0 Å². The summed E-state index contributed by atoms with van der Waals surface area (Å²) in [5, 5.41) is 5.61. The number of pyridine rings is 1. The summed E-state index contributed by atoms with van der Waals surface area (Å²) in [4.78, 5) is 4.22. The molecular formula is C17H23N3OS. The van der Waals surface area contributed by atoms with E-state index in [4.69, 9.17) is 10.9 Å². The number of nitrogens with two attached hydrogens (primary N) is 2. The first-order valence-electron chi connectivity index (χ1n) is 7.28. The quantitative estimate of drug-likeness (QED) is 0.829. The lowest BCUT2D eigenvalue weighted by atomic mass is 9.87. The summed E-state index contributed by atoms with van der Waals surface area (Å²) < 4.78 is 11.3. The minimum Gasteiger partial charge on any atom is -0.598 e. The van der Waals surface area contributed by atoms with E-state index in [0.717, 1.165) is 16.7 Å². The maximum Gasteiger partial charge on any atom is 0.140 e. The van der Waals surface area contributed by atoms with Crippen LogP contribution in [0.3, 0.4) is 0 Å². The fraction of sp³-hybridized carbons (Fsp3) is 0.353.